The number of ether oxygens (including phenoxy) is 1. The summed E-state index contributed by atoms with van der Waals surface area (Å²) in [5.41, 5.74) is 3.68. The van der Waals surface area contributed by atoms with Gasteiger partial charge in [0.2, 0.25) is 5.95 Å². The number of carbonyl (C=O) groups is 1. The van der Waals surface area contributed by atoms with Gasteiger partial charge in [0, 0.05) is 41.4 Å². The first-order valence-electron chi connectivity index (χ1n) is 11.3. The van der Waals surface area contributed by atoms with Crippen LogP contribution in [0.25, 0.3) is 11.3 Å². The largest absolute Gasteiger partial charge is 0.435 e. The van der Waals surface area contributed by atoms with E-state index < -0.39 is 12.5 Å². The van der Waals surface area contributed by atoms with Crippen LogP contribution in [0.5, 0.6) is 5.75 Å². The van der Waals surface area contributed by atoms with Crippen molar-refractivity contribution in [3.05, 3.63) is 84.2 Å². The van der Waals surface area contributed by atoms with Crippen molar-refractivity contribution in [3.8, 4) is 17.0 Å². The third kappa shape index (κ3) is 6.95. The SMILES string of the molecule is Cc1ccc(NC(=O)c2cccc(OC(F)F)c2)cc1Nc1nccc(-c2ccc(NCCO)nc2)n1. The van der Waals surface area contributed by atoms with Crippen molar-refractivity contribution in [1.29, 1.82) is 0 Å². The van der Waals surface area contributed by atoms with Gasteiger partial charge in [0.25, 0.3) is 5.91 Å². The number of carbonyl (C=O) groups excluding carboxylic acids is 1. The maximum Gasteiger partial charge on any atom is 0.387 e. The molecule has 37 heavy (non-hydrogen) atoms. The third-order valence-electron chi connectivity index (χ3n) is 5.20. The molecule has 2 heterocycles. The molecular weight excluding hydrogens is 482 g/mol. The zero-order chi connectivity index (χ0) is 26.2. The zero-order valence-electron chi connectivity index (χ0n) is 19.8. The Morgan fingerprint density at radius 1 is 1.08 bits per heavy atom. The number of hydrogen-bond acceptors (Lipinski definition) is 8. The Hall–Kier alpha value is -4.64. The minimum Gasteiger partial charge on any atom is -0.435 e. The summed E-state index contributed by atoms with van der Waals surface area (Å²) in [6, 6.07) is 16.3. The molecule has 0 aliphatic carbocycles. The molecule has 0 bridgehead atoms. The molecule has 2 aromatic heterocycles. The molecule has 4 rings (SSSR count). The average Bonchev–Trinajstić information content (AvgIpc) is 2.89. The van der Waals surface area contributed by atoms with Crippen LogP contribution in [0, 0.1) is 6.92 Å². The Balaban J connectivity index is 1.48. The normalized spacial score (nSPS) is 10.7. The number of aliphatic hydroxyl groups is 1. The number of halogens is 2. The van der Waals surface area contributed by atoms with Gasteiger partial charge in [0.1, 0.15) is 11.6 Å². The molecule has 0 spiro atoms. The molecule has 0 fully saturated rings. The first-order chi connectivity index (χ1) is 17.9. The lowest BCUT2D eigenvalue weighted by Crippen LogP contribution is -2.13. The number of amides is 1. The summed E-state index contributed by atoms with van der Waals surface area (Å²) in [7, 11) is 0. The Kier molecular flexibility index (Phi) is 8.16. The molecule has 0 saturated heterocycles. The number of alkyl halides is 2. The molecule has 4 N–H and O–H groups in total. The summed E-state index contributed by atoms with van der Waals surface area (Å²) < 4.78 is 29.3. The van der Waals surface area contributed by atoms with Gasteiger partial charge in [0.05, 0.1) is 12.3 Å². The van der Waals surface area contributed by atoms with Gasteiger partial charge < -0.3 is 25.8 Å². The minimum atomic E-state index is -2.98. The van der Waals surface area contributed by atoms with Crippen LogP contribution in [-0.2, 0) is 0 Å². The van der Waals surface area contributed by atoms with E-state index in [4.69, 9.17) is 5.11 Å². The number of benzene rings is 2. The van der Waals surface area contributed by atoms with E-state index in [1.165, 1.54) is 24.3 Å². The van der Waals surface area contributed by atoms with E-state index >= 15 is 0 Å². The molecule has 9 nitrogen and oxygen atoms in total. The van der Waals surface area contributed by atoms with Gasteiger partial charge in [-0.25, -0.2) is 15.0 Å². The highest BCUT2D eigenvalue weighted by Gasteiger charge is 2.12. The van der Waals surface area contributed by atoms with Crippen molar-refractivity contribution in [2.75, 3.05) is 29.1 Å². The predicted octanol–water partition coefficient (Wildman–Crippen LogP) is 4.85. The van der Waals surface area contributed by atoms with Crippen molar-refractivity contribution < 1.29 is 23.4 Å². The van der Waals surface area contributed by atoms with Crippen LogP contribution in [0.1, 0.15) is 15.9 Å². The van der Waals surface area contributed by atoms with Crippen LogP contribution in [0.15, 0.2) is 73.1 Å². The maximum absolute atomic E-state index is 12.7. The maximum atomic E-state index is 12.7. The van der Waals surface area contributed by atoms with E-state index in [0.29, 0.717) is 35.4 Å². The lowest BCUT2D eigenvalue weighted by atomic mass is 10.1. The van der Waals surface area contributed by atoms with Gasteiger partial charge in [-0.1, -0.05) is 12.1 Å². The van der Waals surface area contributed by atoms with Crippen LogP contribution < -0.4 is 20.7 Å². The number of aryl methyl sites for hydroxylation is 1. The monoisotopic (exact) mass is 506 g/mol. The Bertz CT molecular complexity index is 1370. The second-order valence-electron chi connectivity index (χ2n) is 7.86. The highest BCUT2D eigenvalue weighted by Crippen LogP contribution is 2.25. The number of hydrogen-bond donors (Lipinski definition) is 4. The van der Waals surface area contributed by atoms with Crippen molar-refractivity contribution in [1.82, 2.24) is 15.0 Å². The Labute approximate surface area is 211 Å². The molecule has 0 radical (unpaired) electrons. The molecule has 0 unspecified atom stereocenters. The molecule has 1 amide bonds. The molecule has 2 aromatic carbocycles. The predicted molar refractivity (Wildman–Crippen MR) is 136 cm³/mol. The number of aromatic nitrogens is 3. The Morgan fingerprint density at radius 2 is 1.95 bits per heavy atom. The van der Waals surface area contributed by atoms with Crippen LogP contribution in [0.4, 0.5) is 31.9 Å². The molecule has 0 aliphatic heterocycles. The average molecular weight is 507 g/mol. The highest BCUT2D eigenvalue weighted by atomic mass is 19.3. The lowest BCUT2D eigenvalue weighted by Gasteiger charge is -2.13. The van der Waals surface area contributed by atoms with Crippen LogP contribution >= 0.6 is 0 Å². The number of pyridine rings is 1. The van der Waals surface area contributed by atoms with Gasteiger partial charge in [-0.05, 0) is 61.0 Å². The van der Waals surface area contributed by atoms with Gasteiger partial charge in [-0.2, -0.15) is 8.78 Å². The fraction of sp³-hybridized carbons (Fsp3) is 0.154. The third-order valence-corrected chi connectivity index (χ3v) is 5.20. The van der Waals surface area contributed by atoms with E-state index in [9.17, 15) is 13.6 Å². The number of nitrogens with zero attached hydrogens (tertiary/aromatic N) is 3. The second-order valence-corrected chi connectivity index (χ2v) is 7.86. The molecular formula is C26H24F2N6O3. The van der Waals surface area contributed by atoms with Gasteiger partial charge in [-0.3, -0.25) is 4.79 Å². The highest BCUT2D eigenvalue weighted by molar-refractivity contribution is 6.04. The van der Waals surface area contributed by atoms with E-state index in [-0.39, 0.29) is 17.9 Å². The fourth-order valence-electron chi connectivity index (χ4n) is 3.39. The zero-order valence-corrected chi connectivity index (χ0v) is 19.8. The van der Waals surface area contributed by atoms with Crippen LogP contribution in [0.3, 0.4) is 0 Å². The lowest BCUT2D eigenvalue weighted by molar-refractivity contribution is -0.0498. The number of anilines is 4. The van der Waals surface area contributed by atoms with Crippen molar-refractivity contribution >= 4 is 29.0 Å². The van der Waals surface area contributed by atoms with Gasteiger partial charge in [-0.15, -0.1) is 0 Å². The summed E-state index contributed by atoms with van der Waals surface area (Å²) >= 11 is 0. The van der Waals surface area contributed by atoms with Gasteiger partial charge >= 0.3 is 6.61 Å². The number of rotatable bonds is 10. The second kappa shape index (κ2) is 11.9. The smallest absolute Gasteiger partial charge is 0.387 e. The molecule has 4 aromatic rings. The van der Waals surface area contributed by atoms with E-state index in [0.717, 1.165) is 11.1 Å². The first kappa shape index (κ1) is 25.5. The van der Waals surface area contributed by atoms with Crippen LogP contribution in [-0.4, -0.2) is 45.7 Å². The summed E-state index contributed by atoms with van der Waals surface area (Å²) in [5, 5.41) is 17.8. The number of nitrogens with one attached hydrogen (secondary N) is 3. The molecule has 0 aliphatic rings. The quantitative estimate of drug-likeness (QED) is 0.241. The van der Waals surface area contributed by atoms with E-state index in [1.807, 2.05) is 19.1 Å². The summed E-state index contributed by atoms with van der Waals surface area (Å²) in [4.78, 5) is 25.8. The molecule has 11 heteroatoms. The fourth-order valence-corrected chi connectivity index (χ4v) is 3.39. The topological polar surface area (TPSA) is 121 Å². The van der Waals surface area contributed by atoms with Crippen molar-refractivity contribution in [2.24, 2.45) is 0 Å². The van der Waals surface area contributed by atoms with Gasteiger partial charge in [0.15, 0.2) is 0 Å². The minimum absolute atomic E-state index is 0.0120. The van der Waals surface area contributed by atoms with E-state index in [1.54, 1.807) is 36.7 Å². The van der Waals surface area contributed by atoms with E-state index in [2.05, 4.69) is 35.6 Å². The summed E-state index contributed by atoms with van der Waals surface area (Å²) in [6.07, 6.45) is 3.30. The van der Waals surface area contributed by atoms with Crippen molar-refractivity contribution in [3.63, 3.8) is 0 Å². The van der Waals surface area contributed by atoms with Crippen molar-refractivity contribution in [2.45, 2.75) is 13.5 Å². The molecule has 0 atom stereocenters. The summed E-state index contributed by atoms with van der Waals surface area (Å²) in [5.74, 6) is 0.422. The number of aliphatic hydroxyl groups excluding tert-OH is 1. The summed E-state index contributed by atoms with van der Waals surface area (Å²) in [6.45, 7) is -0.663. The standard InChI is InChI=1S/C26H24F2N6O3/c1-16-5-7-19(32-24(36)17-3-2-4-20(13-17)37-25(27)28)14-22(16)34-26-30-10-9-21(33-26)18-6-8-23(31-15-18)29-11-12-35/h2-10,13-15,25,35H,11-12H2,1H3,(H,29,31)(H,32,36)(H,30,33,34). The molecule has 0 saturated carbocycles. The van der Waals surface area contributed by atoms with Crippen LogP contribution in [0.2, 0.25) is 0 Å². The Morgan fingerprint density at radius 3 is 2.70 bits per heavy atom. The molecule has 190 valence electrons. The first-order valence-corrected chi connectivity index (χ1v) is 11.3.